The van der Waals surface area contributed by atoms with Crippen LogP contribution in [0.5, 0.6) is 0 Å². The van der Waals surface area contributed by atoms with Gasteiger partial charge < -0.3 is 9.84 Å². The van der Waals surface area contributed by atoms with Crippen LogP contribution < -0.4 is 0 Å². The van der Waals surface area contributed by atoms with Gasteiger partial charge in [0.05, 0.1) is 6.20 Å². The summed E-state index contributed by atoms with van der Waals surface area (Å²) in [7, 11) is 0. The van der Waals surface area contributed by atoms with Gasteiger partial charge in [-0.2, -0.15) is 5.10 Å². The lowest BCUT2D eigenvalue weighted by Gasteiger charge is -2.18. The SMILES string of the molecule is O=C(O)Cn1nc(C2CCOCC2)nc1-c1cnccn1. The van der Waals surface area contributed by atoms with Crippen LogP contribution in [0.3, 0.4) is 0 Å². The summed E-state index contributed by atoms with van der Waals surface area (Å²) >= 11 is 0. The van der Waals surface area contributed by atoms with Crippen molar-refractivity contribution in [3.63, 3.8) is 0 Å². The molecule has 21 heavy (non-hydrogen) atoms. The first-order valence-corrected chi connectivity index (χ1v) is 6.74. The Balaban J connectivity index is 1.96. The summed E-state index contributed by atoms with van der Waals surface area (Å²) in [4.78, 5) is 23.6. The second-order valence-electron chi connectivity index (χ2n) is 4.82. The van der Waals surface area contributed by atoms with Crippen molar-refractivity contribution < 1.29 is 14.6 Å². The molecule has 8 heteroatoms. The summed E-state index contributed by atoms with van der Waals surface area (Å²) in [5.41, 5.74) is 0.518. The predicted molar refractivity (Wildman–Crippen MR) is 71.5 cm³/mol. The Kier molecular flexibility index (Phi) is 3.87. The van der Waals surface area contributed by atoms with E-state index < -0.39 is 5.97 Å². The van der Waals surface area contributed by atoms with Crippen LogP contribution in [-0.4, -0.2) is 49.0 Å². The summed E-state index contributed by atoms with van der Waals surface area (Å²) in [6.45, 7) is 1.11. The Bertz CT molecular complexity index is 622. The van der Waals surface area contributed by atoms with E-state index in [1.54, 1.807) is 18.6 Å². The molecule has 0 bridgehead atoms. The highest BCUT2D eigenvalue weighted by molar-refractivity contribution is 5.67. The zero-order valence-corrected chi connectivity index (χ0v) is 11.3. The molecule has 0 atom stereocenters. The Labute approximate surface area is 120 Å². The van der Waals surface area contributed by atoms with Gasteiger partial charge in [0.25, 0.3) is 0 Å². The van der Waals surface area contributed by atoms with Crippen LogP contribution in [-0.2, 0) is 16.1 Å². The lowest BCUT2D eigenvalue weighted by Crippen LogP contribution is -2.16. The van der Waals surface area contributed by atoms with Crippen LogP contribution in [0.2, 0.25) is 0 Å². The van der Waals surface area contributed by atoms with Gasteiger partial charge in [-0.1, -0.05) is 0 Å². The normalized spacial score (nSPS) is 16.0. The Hall–Kier alpha value is -2.35. The van der Waals surface area contributed by atoms with Crippen molar-refractivity contribution in [2.24, 2.45) is 0 Å². The largest absolute Gasteiger partial charge is 0.480 e. The fourth-order valence-corrected chi connectivity index (χ4v) is 2.33. The topological polar surface area (TPSA) is 103 Å². The molecule has 110 valence electrons. The van der Waals surface area contributed by atoms with E-state index in [4.69, 9.17) is 9.84 Å². The molecule has 0 radical (unpaired) electrons. The molecule has 0 spiro atoms. The Morgan fingerprint density at radius 2 is 2.19 bits per heavy atom. The molecule has 0 aromatic carbocycles. The number of aromatic nitrogens is 5. The highest BCUT2D eigenvalue weighted by Gasteiger charge is 2.23. The maximum atomic E-state index is 11.0. The number of hydrogen-bond donors (Lipinski definition) is 1. The molecule has 2 aromatic heterocycles. The summed E-state index contributed by atoms with van der Waals surface area (Å²) in [6, 6.07) is 0. The van der Waals surface area contributed by atoms with E-state index in [-0.39, 0.29) is 12.5 Å². The van der Waals surface area contributed by atoms with Crippen molar-refractivity contribution in [3.8, 4) is 11.5 Å². The highest BCUT2D eigenvalue weighted by Crippen LogP contribution is 2.26. The molecule has 1 aliphatic rings. The molecular weight excluding hydrogens is 274 g/mol. The van der Waals surface area contributed by atoms with Crippen molar-refractivity contribution in [1.82, 2.24) is 24.7 Å². The number of carboxylic acids is 1. The second kappa shape index (κ2) is 5.96. The molecule has 1 aliphatic heterocycles. The van der Waals surface area contributed by atoms with Crippen molar-refractivity contribution in [3.05, 3.63) is 24.4 Å². The fraction of sp³-hybridized carbons (Fsp3) is 0.462. The van der Waals surface area contributed by atoms with Crippen molar-refractivity contribution in [2.45, 2.75) is 25.3 Å². The number of rotatable bonds is 4. The van der Waals surface area contributed by atoms with Crippen LogP contribution in [0.15, 0.2) is 18.6 Å². The molecular formula is C13H15N5O3. The van der Waals surface area contributed by atoms with Gasteiger partial charge in [-0.15, -0.1) is 0 Å². The highest BCUT2D eigenvalue weighted by atomic mass is 16.5. The zero-order valence-electron chi connectivity index (χ0n) is 11.3. The van der Waals surface area contributed by atoms with Crippen molar-refractivity contribution in [1.29, 1.82) is 0 Å². The number of aliphatic carboxylic acids is 1. The molecule has 0 aliphatic carbocycles. The molecule has 0 saturated carbocycles. The average Bonchev–Trinajstić information content (AvgIpc) is 2.92. The minimum atomic E-state index is -0.969. The third-order valence-electron chi connectivity index (χ3n) is 3.35. The first kappa shape index (κ1) is 13.6. The summed E-state index contributed by atoms with van der Waals surface area (Å²) in [5, 5.41) is 13.4. The summed E-state index contributed by atoms with van der Waals surface area (Å²) in [5.74, 6) is 0.319. The van der Waals surface area contributed by atoms with E-state index in [1.807, 2.05) is 0 Å². The van der Waals surface area contributed by atoms with E-state index in [1.165, 1.54) is 4.68 Å². The first-order chi connectivity index (χ1) is 10.2. The second-order valence-corrected chi connectivity index (χ2v) is 4.82. The zero-order chi connectivity index (χ0) is 14.7. The maximum Gasteiger partial charge on any atom is 0.325 e. The van der Waals surface area contributed by atoms with Crippen LogP contribution in [0, 0.1) is 0 Å². The monoisotopic (exact) mass is 289 g/mol. The molecule has 2 aromatic rings. The molecule has 3 heterocycles. The van der Waals surface area contributed by atoms with E-state index in [2.05, 4.69) is 20.1 Å². The van der Waals surface area contributed by atoms with Gasteiger partial charge in [0.2, 0.25) is 0 Å². The smallest absolute Gasteiger partial charge is 0.325 e. The van der Waals surface area contributed by atoms with E-state index in [9.17, 15) is 4.79 Å². The number of carboxylic acid groups (broad SMARTS) is 1. The van der Waals surface area contributed by atoms with Gasteiger partial charge in [0, 0.05) is 31.5 Å². The predicted octanol–water partition coefficient (Wildman–Crippen LogP) is 0.714. The molecule has 1 fully saturated rings. The number of ether oxygens (including phenoxy) is 1. The molecule has 0 amide bonds. The van der Waals surface area contributed by atoms with Crippen LogP contribution in [0.25, 0.3) is 11.5 Å². The lowest BCUT2D eigenvalue weighted by atomic mass is 10.00. The molecule has 3 rings (SSSR count). The van der Waals surface area contributed by atoms with Crippen LogP contribution in [0.4, 0.5) is 0 Å². The standard InChI is InChI=1S/C13H15N5O3/c19-11(20)8-18-13(10-7-14-3-4-15-10)16-12(17-18)9-1-5-21-6-2-9/h3-4,7,9H,1-2,5-6,8H2,(H,19,20). The van der Waals surface area contributed by atoms with E-state index in [0.29, 0.717) is 30.6 Å². The quantitative estimate of drug-likeness (QED) is 0.884. The molecule has 1 saturated heterocycles. The van der Waals surface area contributed by atoms with E-state index in [0.717, 1.165) is 12.8 Å². The fourth-order valence-electron chi connectivity index (χ4n) is 2.33. The minimum Gasteiger partial charge on any atom is -0.480 e. The summed E-state index contributed by atoms with van der Waals surface area (Å²) in [6.07, 6.45) is 6.34. The summed E-state index contributed by atoms with van der Waals surface area (Å²) < 4.78 is 6.70. The Morgan fingerprint density at radius 3 is 2.86 bits per heavy atom. The third kappa shape index (κ3) is 3.05. The average molecular weight is 289 g/mol. The maximum absolute atomic E-state index is 11.0. The van der Waals surface area contributed by atoms with Gasteiger partial charge in [0.15, 0.2) is 11.6 Å². The number of carbonyl (C=O) groups is 1. The van der Waals surface area contributed by atoms with Crippen molar-refractivity contribution >= 4 is 5.97 Å². The first-order valence-electron chi connectivity index (χ1n) is 6.74. The van der Waals surface area contributed by atoms with Gasteiger partial charge in [-0.25, -0.2) is 14.6 Å². The lowest BCUT2D eigenvalue weighted by molar-refractivity contribution is -0.137. The molecule has 0 unspecified atom stereocenters. The van der Waals surface area contributed by atoms with Gasteiger partial charge in [0.1, 0.15) is 12.2 Å². The van der Waals surface area contributed by atoms with Gasteiger partial charge >= 0.3 is 5.97 Å². The van der Waals surface area contributed by atoms with Gasteiger partial charge in [-0.3, -0.25) is 9.78 Å². The Morgan fingerprint density at radius 1 is 1.38 bits per heavy atom. The van der Waals surface area contributed by atoms with E-state index >= 15 is 0 Å². The molecule has 1 N–H and O–H groups in total. The van der Waals surface area contributed by atoms with Crippen molar-refractivity contribution in [2.75, 3.05) is 13.2 Å². The minimum absolute atomic E-state index is 0.198. The number of nitrogens with zero attached hydrogens (tertiary/aromatic N) is 5. The van der Waals surface area contributed by atoms with Crippen LogP contribution >= 0.6 is 0 Å². The number of hydrogen-bond acceptors (Lipinski definition) is 6. The van der Waals surface area contributed by atoms with Crippen LogP contribution in [0.1, 0.15) is 24.6 Å². The van der Waals surface area contributed by atoms with Gasteiger partial charge in [-0.05, 0) is 12.8 Å². The molecule has 8 nitrogen and oxygen atoms in total. The third-order valence-corrected chi connectivity index (χ3v) is 3.35.